The van der Waals surface area contributed by atoms with Gasteiger partial charge in [0.05, 0.1) is 11.5 Å². The van der Waals surface area contributed by atoms with Crippen LogP contribution < -0.4 is 5.32 Å². The van der Waals surface area contributed by atoms with Gasteiger partial charge < -0.3 is 10.4 Å². The van der Waals surface area contributed by atoms with Crippen molar-refractivity contribution in [1.29, 1.82) is 0 Å². The minimum atomic E-state index is -0.553. The van der Waals surface area contributed by atoms with Gasteiger partial charge in [0.15, 0.2) is 11.0 Å². The summed E-state index contributed by atoms with van der Waals surface area (Å²) in [7, 11) is 0. The summed E-state index contributed by atoms with van der Waals surface area (Å²) in [6.45, 7) is 3.93. The Morgan fingerprint density at radius 1 is 1.25 bits per heavy atom. The molecule has 0 aliphatic carbocycles. The number of phenolic OH excluding ortho intramolecular Hbond substituents is 1. The zero-order valence-corrected chi connectivity index (χ0v) is 16.8. The molecule has 2 aromatic carbocycles. The zero-order chi connectivity index (χ0) is 20.3. The van der Waals surface area contributed by atoms with E-state index in [9.17, 15) is 14.7 Å². The first kappa shape index (κ1) is 20.1. The first-order valence-electron chi connectivity index (χ1n) is 8.51. The molecule has 8 heteroatoms. The number of aromatic hydroxyl groups is 1. The predicted octanol–water partition coefficient (Wildman–Crippen LogP) is 3.86. The van der Waals surface area contributed by atoms with Gasteiger partial charge in [-0.2, -0.15) is 5.10 Å². The van der Waals surface area contributed by atoms with E-state index < -0.39 is 5.25 Å². The van der Waals surface area contributed by atoms with Gasteiger partial charge in [-0.25, -0.2) is 0 Å². The Hall–Kier alpha value is -2.64. The average Bonchev–Trinajstić information content (AvgIpc) is 2.99. The van der Waals surface area contributed by atoms with E-state index in [4.69, 9.17) is 11.6 Å². The Morgan fingerprint density at radius 2 is 2.04 bits per heavy atom. The second-order valence-corrected chi connectivity index (χ2v) is 8.00. The van der Waals surface area contributed by atoms with Crippen molar-refractivity contribution < 1.29 is 14.7 Å². The average molecular weight is 416 g/mol. The van der Waals surface area contributed by atoms with Crippen LogP contribution in [0.25, 0.3) is 0 Å². The van der Waals surface area contributed by atoms with Crippen molar-refractivity contribution in [2.75, 3.05) is 0 Å². The Balaban J connectivity index is 1.65. The monoisotopic (exact) mass is 415 g/mol. The summed E-state index contributed by atoms with van der Waals surface area (Å²) >= 11 is 7.03. The van der Waals surface area contributed by atoms with Crippen LogP contribution in [0.4, 0.5) is 0 Å². The highest BCUT2D eigenvalue weighted by molar-refractivity contribution is 8.15. The number of hydrogen-bond donors (Lipinski definition) is 2. The fourth-order valence-corrected chi connectivity index (χ4v) is 3.66. The van der Waals surface area contributed by atoms with Gasteiger partial charge in [0.2, 0.25) is 5.91 Å². The predicted molar refractivity (Wildman–Crippen MR) is 113 cm³/mol. The van der Waals surface area contributed by atoms with Gasteiger partial charge in [0.1, 0.15) is 5.75 Å². The minimum absolute atomic E-state index is 0.0216. The molecule has 0 saturated carbocycles. The summed E-state index contributed by atoms with van der Waals surface area (Å²) in [6.07, 6.45) is 1.42. The molecule has 1 fully saturated rings. The standard InChI is InChI=1S/C20H18ClN3O3S/c1-11-3-4-13(7-12(11)2)17(26)9-18-19(27)23-20(28-18)24-22-10-14-8-15(21)5-6-16(14)25/h3-8,10,18,25H,9H2,1-2H3,(H,23,24,27)/b22-10+. The molecule has 6 nitrogen and oxygen atoms in total. The summed E-state index contributed by atoms with van der Waals surface area (Å²) in [6, 6.07) is 10.1. The number of benzene rings is 2. The number of nitrogens with zero attached hydrogens (tertiary/aromatic N) is 2. The third kappa shape index (κ3) is 4.79. The van der Waals surface area contributed by atoms with Crippen LogP contribution in [0.3, 0.4) is 0 Å². The molecule has 1 atom stereocenters. The Labute approximate surface area is 171 Å². The fraction of sp³-hybridized carbons (Fsp3) is 0.200. The van der Waals surface area contributed by atoms with E-state index in [1.54, 1.807) is 18.2 Å². The normalized spacial score (nSPS) is 18.0. The highest BCUT2D eigenvalue weighted by Crippen LogP contribution is 2.25. The summed E-state index contributed by atoms with van der Waals surface area (Å²) < 4.78 is 0. The Morgan fingerprint density at radius 3 is 2.79 bits per heavy atom. The van der Waals surface area contributed by atoms with Crippen molar-refractivity contribution in [3.8, 4) is 5.75 Å². The molecule has 28 heavy (non-hydrogen) atoms. The smallest absolute Gasteiger partial charge is 0.240 e. The van der Waals surface area contributed by atoms with Gasteiger partial charge in [0.25, 0.3) is 0 Å². The lowest BCUT2D eigenvalue weighted by Gasteiger charge is -2.06. The van der Waals surface area contributed by atoms with E-state index in [0.717, 1.165) is 22.9 Å². The molecule has 1 heterocycles. The van der Waals surface area contributed by atoms with Gasteiger partial charge in [-0.3, -0.25) is 9.59 Å². The molecule has 1 aliphatic heterocycles. The minimum Gasteiger partial charge on any atom is -0.507 e. The van der Waals surface area contributed by atoms with Crippen molar-refractivity contribution in [2.45, 2.75) is 25.5 Å². The highest BCUT2D eigenvalue weighted by atomic mass is 35.5. The molecule has 1 aliphatic rings. The molecule has 0 aromatic heterocycles. The Kier molecular flexibility index (Phi) is 6.16. The zero-order valence-electron chi connectivity index (χ0n) is 15.3. The maximum Gasteiger partial charge on any atom is 0.240 e. The van der Waals surface area contributed by atoms with Gasteiger partial charge in [-0.1, -0.05) is 35.5 Å². The Bertz CT molecular complexity index is 1000. The van der Waals surface area contributed by atoms with Gasteiger partial charge in [-0.15, -0.1) is 5.10 Å². The van der Waals surface area contributed by atoms with E-state index in [1.807, 2.05) is 26.0 Å². The van der Waals surface area contributed by atoms with Gasteiger partial charge in [-0.05, 0) is 49.2 Å². The van der Waals surface area contributed by atoms with E-state index >= 15 is 0 Å². The number of amides is 1. The largest absolute Gasteiger partial charge is 0.507 e. The maximum atomic E-state index is 12.5. The molecular weight excluding hydrogens is 398 g/mol. The van der Waals surface area contributed by atoms with Crippen LogP contribution in [-0.2, 0) is 4.79 Å². The van der Waals surface area contributed by atoms with Crippen molar-refractivity contribution in [2.24, 2.45) is 10.2 Å². The molecule has 1 amide bonds. The summed E-state index contributed by atoms with van der Waals surface area (Å²) in [5, 5.41) is 20.4. The van der Waals surface area contributed by atoms with Crippen molar-refractivity contribution in [3.63, 3.8) is 0 Å². The number of carbonyl (C=O) groups excluding carboxylic acids is 2. The molecule has 2 N–H and O–H groups in total. The van der Waals surface area contributed by atoms with Crippen LogP contribution >= 0.6 is 23.4 Å². The van der Waals surface area contributed by atoms with E-state index in [2.05, 4.69) is 15.5 Å². The first-order valence-corrected chi connectivity index (χ1v) is 9.77. The number of nitrogens with one attached hydrogen (secondary N) is 1. The number of halogens is 1. The molecule has 0 bridgehead atoms. The van der Waals surface area contributed by atoms with Crippen LogP contribution in [0.2, 0.25) is 5.02 Å². The third-order valence-corrected chi connectivity index (χ3v) is 5.62. The van der Waals surface area contributed by atoms with Gasteiger partial charge in [0, 0.05) is 22.6 Å². The molecule has 2 aromatic rings. The number of amidine groups is 1. The highest BCUT2D eigenvalue weighted by Gasteiger charge is 2.32. The SMILES string of the molecule is Cc1ccc(C(=O)CC2S/C(=N\N=C\c3cc(Cl)ccc3O)NC2=O)cc1C. The van der Waals surface area contributed by atoms with Crippen molar-refractivity contribution in [1.82, 2.24) is 5.32 Å². The second kappa shape index (κ2) is 8.58. The number of Topliss-reactive ketones (excluding diaryl/α,β-unsaturated/α-hetero) is 1. The van der Waals surface area contributed by atoms with Crippen LogP contribution in [0.5, 0.6) is 5.75 Å². The molecule has 0 spiro atoms. The molecule has 3 rings (SSSR count). The topological polar surface area (TPSA) is 91.1 Å². The van der Waals surface area contributed by atoms with E-state index in [0.29, 0.717) is 21.3 Å². The summed E-state index contributed by atoms with van der Waals surface area (Å²) in [5.74, 6) is -0.348. The third-order valence-electron chi connectivity index (χ3n) is 4.31. The molecule has 144 valence electrons. The van der Waals surface area contributed by atoms with E-state index in [-0.39, 0.29) is 23.9 Å². The molecule has 0 radical (unpaired) electrons. The van der Waals surface area contributed by atoms with Crippen molar-refractivity contribution >= 4 is 46.4 Å². The molecular formula is C20H18ClN3O3S. The second-order valence-electron chi connectivity index (χ2n) is 6.37. The summed E-state index contributed by atoms with van der Waals surface area (Å²) in [5.41, 5.74) is 3.15. The number of phenols is 1. The lowest BCUT2D eigenvalue weighted by molar-refractivity contribution is -0.118. The van der Waals surface area contributed by atoms with Crippen LogP contribution in [0.1, 0.15) is 33.5 Å². The number of rotatable bonds is 5. The number of carbonyl (C=O) groups is 2. The maximum absolute atomic E-state index is 12.5. The first-order chi connectivity index (χ1) is 13.3. The number of aryl methyl sites for hydroxylation is 2. The summed E-state index contributed by atoms with van der Waals surface area (Å²) in [4.78, 5) is 24.6. The lowest BCUT2D eigenvalue weighted by Crippen LogP contribution is -2.26. The fourth-order valence-electron chi connectivity index (χ4n) is 2.56. The van der Waals surface area contributed by atoms with Crippen LogP contribution in [0, 0.1) is 13.8 Å². The number of ketones is 1. The van der Waals surface area contributed by atoms with Crippen LogP contribution in [0.15, 0.2) is 46.6 Å². The lowest BCUT2D eigenvalue weighted by atomic mass is 10.0. The molecule has 1 unspecified atom stereocenters. The van der Waals surface area contributed by atoms with Gasteiger partial charge >= 0.3 is 0 Å². The quantitative estimate of drug-likeness (QED) is 0.440. The van der Waals surface area contributed by atoms with E-state index in [1.165, 1.54) is 12.3 Å². The van der Waals surface area contributed by atoms with Crippen molar-refractivity contribution in [3.05, 3.63) is 63.7 Å². The van der Waals surface area contributed by atoms with Crippen LogP contribution in [-0.4, -0.2) is 33.4 Å². The number of thioether (sulfide) groups is 1. The number of hydrogen-bond acceptors (Lipinski definition) is 6. The molecule has 1 saturated heterocycles.